The number of fused-ring (bicyclic) bond motifs is 1. The highest BCUT2D eigenvalue weighted by Crippen LogP contribution is 2.34. The maximum absolute atomic E-state index is 12.5. The largest absolute Gasteiger partial charge is 0.364 e. The lowest BCUT2D eigenvalue weighted by Crippen LogP contribution is -2.50. The number of piperazine rings is 1. The molecule has 8 nitrogen and oxygen atoms in total. The van der Waals surface area contributed by atoms with Crippen molar-refractivity contribution in [2.75, 3.05) is 42.9 Å². The van der Waals surface area contributed by atoms with E-state index >= 15 is 0 Å². The van der Waals surface area contributed by atoms with Crippen LogP contribution in [0.3, 0.4) is 0 Å². The van der Waals surface area contributed by atoms with Crippen LogP contribution in [0, 0.1) is 0 Å². The first kappa shape index (κ1) is 24.1. The molecule has 2 N–H and O–H groups in total. The molecule has 3 aromatic rings. The van der Waals surface area contributed by atoms with Crippen molar-refractivity contribution in [2.24, 2.45) is 0 Å². The quantitative estimate of drug-likeness (QED) is 0.533. The van der Waals surface area contributed by atoms with Gasteiger partial charge in [0.05, 0.1) is 6.54 Å². The van der Waals surface area contributed by atoms with Crippen molar-refractivity contribution < 1.29 is 4.79 Å². The third kappa shape index (κ3) is 5.78. The molecule has 1 aromatic carbocycles. The second kappa shape index (κ2) is 10.1. The number of carbonyl (C=O) groups excluding carboxylic acids is 1. The van der Waals surface area contributed by atoms with Gasteiger partial charge in [0.2, 0.25) is 16.0 Å². The van der Waals surface area contributed by atoms with Crippen molar-refractivity contribution >= 4 is 33.2 Å². The summed E-state index contributed by atoms with van der Waals surface area (Å²) in [4.78, 5) is 22.9. The highest BCUT2D eigenvalue weighted by atomic mass is 32.1. The third-order valence-corrected chi connectivity index (χ3v) is 7.68. The predicted octanol–water partition coefficient (Wildman–Crippen LogP) is 4.24. The smallest absolute Gasteiger partial charge is 0.234 e. The monoisotopic (exact) mass is 495 g/mol. The van der Waals surface area contributed by atoms with E-state index in [1.165, 1.54) is 19.3 Å². The van der Waals surface area contributed by atoms with Crippen molar-refractivity contribution in [1.29, 1.82) is 0 Å². The Labute approximate surface area is 211 Å². The van der Waals surface area contributed by atoms with E-state index in [2.05, 4.69) is 53.3 Å². The van der Waals surface area contributed by atoms with Crippen LogP contribution in [-0.2, 0) is 4.79 Å². The number of nitrogens with zero attached hydrogens (tertiary/aromatic N) is 5. The molecular weight excluding hydrogens is 458 g/mol. The van der Waals surface area contributed by atoms with Gasteiger partial charge in [-0.15, -0.1) is 5.10 Å². The molecule has 0 bridgehead atoms. The van der Waals surface area contributed by atoms with Gasteiger partial charge in [-0.05, 0) is 33.6 Å². The van der Waals surface area contributed by atoms with Gasteiger partial charge in [-0.3, -0.25) is 9.69 Å². The maximum Gasteiger partial charge on any atom is 0.234 e. The van der Waals surface area contributed by atoms with Crippen molar-refractivity contribution in [3.8, 4) is 11.3 Å². The Morgan fingerprint density at radius 3 is 2.46 bits per heavy atom. The van der Waals surface area contributed by atoms with Crippen molar-refractivity contribution in [1.82, 2.24) is 24.8 Å². The van der Waals surface area contributed by atoms with Gasteiger partial charge in [0.1, 0.15) is 5.69 Å². The second-order valence-corrected chi connectivity index (χ2v) is 11.7. The lowest BCUT2D eigenvalue weighted by molar-refractivity contribution is -0.123. The Balaban J connectivity index is 1.25. The average molecular weight is 496 g/mol. The van der Waals surface area contributed by atoms with Crippen molar-refractivity contribution in [2.45, 2.75) is 64.5 Å². The fourth-order valence-corrected chi connectivity index (χ4v) is 5.90. The summed E-state index contributed by atoms with van der Waals surface area (Å²) in [6.45, 7) is 10.4. The minimum atomic E-state index is -0.118. The van der Waals surface area contributed by atoms with Crippen LogP contribution in [0.25, 0.3) is 16.2 Å². The third-order valence-electron chi connectivity index (χ3n) is 6.71. The van der Waals surface area contributed by atoms with Crippen LogP contribution in [0.4, 0.5) is 10.9 Å². The Hall–Kier alpha value is -2.65. The first-order valence-electron chi connectivity index (χ1n) is 12.9. The molecule has 0 spiro atoms. The van der Waals surface area contributed by atoms with Crippen molar-refractivity contribution in [3.05, 3.63) is 30.3 Å². The summed E-state index contributed by atoms with van der Waals surface area (Å²) >= 11 is 1.63. The Kier molecular flexibility index (Phi) is 6.98. The van der Waals surface area contributed by atoms with Crippen LogP contribution in [0.5, 0.6) is 0 Å². The number of hydrogen-bond donors (Lipinski definition) is 2. The fraction of sp³-hybridized carbons (Fsp3) is 0.577. The molecule has 1 aliphatic heterocycles. The summed E-state index contributed by atoms with van der Waals surface area (Å²) in [6.07, 6.45) is 6.03. The molecule has 5 rings (SSSR count). The zero-order chi connectivity index (χ0) is 24.4. The molecule has 188 valence electrons. The molecule has 1 amide bonds. The SMILES string of the molecule is CC(C)(C)Nc1c(-c2ccccc2)nc2sc(N3CCN(CC(=O)NC4CCCCC4)CC3)nn12. The van der Waals surface area contributed by atoms with Crippen LogP contribution in [0.1, 0.15) is 52.9 Å². The molecule has 1 saturated carbocycles. The van der Waals surface area contributed by atoms with Gasteiger partial charge < -0.3 is 15.5 Å². The second-order valence-electron chi connectivity index (χ2n) is 10.8. The number of imidazole rings is 1. The first-order chi connectivity index (χ1) is 16.9. The van der Waals surface area contributed by atoms with Crippen LogP contribution in [0.15, 0.2) is 30.3 Å². The predicted molar refractivity (Wildman–Crippen MR) is 143 cm³/mol. The van der Waals surface area contributed by atoms with Gasteiger partial charge in [-0.25, -0.2) is 4.98 Å². The number of hydrogen-bond acceptors (Lipinski definition) is 7. The molecule has 1 aliphatic carbocycles. The summed E-state index contributed by atoms with van der Waals surface area (Å²) in [5, 5.41) is 12.8. The zero-order valence-corrected chi connectivity index (χ0v) is 21.9. The van der Waals surface area contributed by atoms with E-state index in [-0.39, 0.29) is 11.4 Å². The van der Waals surface area contributed by atoms with Gasteiger partial charge >= 0.3 is 0 Å². The standard InChI is InChI=1S/C26H37N7OS/c1-26(2,3)29-23-22(19-10-6-4-7-11-19)28-24-33(23)30-25(35-24)32-16-14-31(15-17-32)18-21(34)27-20-12-8-5-9-13-20/h4,6-7,10-11,20,29H,5,8-9,12-18H2,1-3H3,(H,27,34). The number of aromatic nitrogens is 3. The summed E-state index contributed by atoms with van der Waals surface area (Å²) in [5.41, 5.74) is 1.89. The average Bonchev–Trinajstić information content (AvgIpc) is 3.39. The highest BCUT2D eigenvalue weighted by molar-refractivity contribution is 7.20. The van der Waals surface area contributed by atoms with Crippen LogP contribution < -0.4 is 15.5 Å². The Bertz CT molecular complexity index is 1140. The summed E-state index contributed by atoms with van der Waals surface area (Å²) in [7, 11) is 0. The summed E-state index contributed by atoms with van der Waals surface area (Å²) in [6, 6.07) is 10.7. The van der Waals surface area contributed by atoms with Gasteiger partial charge in [-0.2, -0.15) is 4.52 Å². The van der Waals surface area contributed by atoms with Crippen LogP contribution >= 0.6 is 11.3 Å². The van der Waals surface area contributed by atoms with E-state index in [4.69, 9.17) is 10.1 Å². The van der Waals surface area contributed by atoms with Gasteiger partial charge in [-0.1, -0.05) is 60.9 Å². The lowest BCUT2D eigenvalue weighted by Gasteiger charge is -2.34. The minimum absolute atomic E-state index is 0.118. The zero-order valence-electron chi connectivity index (χ0n) is 21.1. The van der Waals surface area contributed by atoms with Crippen LogP contribution in [0.2, 0.25) is 0 Å². The van der Waals surface area contributed by atoms with Gasteiger partial charge in [0, 0.05) is 43.3 Å². The van der Waals surface area contributed by atoms with E-state index in [0.29, 0.717) is 12.6 Å². The normalized spacial score (nSPS) is 18.2. The number of rotatable bonds is 6. The Morgan fingerprint density at radius 2 is 1.77 bits per heavy atom. The van der Waals surface area contributed by atoms with Crippen LogP contribution in [-0.4, -0.2) is 69.7 Å². The van der Waals surface area contributed by atoms with E-state index < -0.39 is 0 Å². The molecule has 0 unspecified atom stereocenters. The molecule has 9 heteroatoms. The first-order valence-corrected chi connectivity index (χ1v) is 13.7. The number of amides is 1. The highest BCUT2D eigenvalue weighted by Gasteiger charge is 2.26. The molecule has 1 saturated heterocycles. The molecule has 0 atom stereocenters. The molecule has 35 heavy (non-hydrogen) atoms. The van der Waals surface area contributed by atoms with Gasteiger partial charge in [0.25, 0.3) is 0 Å². The molecule has 2 aromatic heterocycles. The topological polar surface area (TPSA) is 77.8 Å². The lowest BCUT2D eigenvalue weighted by atomic mass is 9.95. The van der Waals surface area contributed by atoms with E-state index in [1.807, 2.05) is 22.7 Å². The number of carbonyl (C=O) groups is 1. The molecule has 3 heterocycles. The van der Waals surface area contributed by atoms with E-state index in [9.17, 15) is 4.79 Å². The number of nitrogens with one attached hydrogen (secondary N) is 2. The summed E-state index contributed by atoms with van der Waals surface area (Å²) in [5.74, 6) is 1.10. The van der Waals surface area contributed by atoms with E-state index in [0.717, 1.165) is 66.2 Å². The maximum atomic E-state index is 12.5. The molecule has 2 aliphatic rings. The summed E-state index contributed by atoms with van der Waals surface area (Å²) < 4.78 is 1.96. The number of benzene rings is 1. The molecule has 2 fully saturated rings. The van der Waals surface area contributed by atoms with Crippen molar-refractivity contribution in [3.63, 3.8) is 0 Å². The molecular formula is C26H37N7OS. The minimum Gasteiger partial charge on any atom is -0.364 e. The number of anilines is 2. The van der Waals surface area contributed by atoms with E-state index in [1.54, 1.807) is 11.3 Å². The van der Waals surface area contributed by atoms with Gasteiger partial charge in [0.15, 0.2) is 5.82 Å². The Morgan fingerprint density at radius 1 is 1.06 bits per heavy atom. The fourth-order valence-electron chi connectivity index (χ4n) is 4.95. The molecule has 0 radical (unpaired) electrons.